The van der Waals surface area contributed by atoms with E-state index in [1.807, 2.05) is 36.4 Å². The van der Waals surface area contributed by atoms with E-state index < -0.39 is 5.76 Å². The summed E-state index contributed by atoms with van der Waals surface area (Å²) in [6, 6.07) is 13.1. The third-order valence-corrected chi connectivity index (χ3v) is 3.38. The van der Waals surface area contributed by atoms with Crippen molar-refractivity contribution >= 4 is 11.1 Å². The fraction of sp³-hybridized carbons (Fsp3) is 0.133. The van der Waals surface area contributed by atoms with Gasteiger partial charge in [0.2, 0.25) is 0 Å². The van der Waals surface area contributed by atoms with Gasteiger partial charge in [-0.15, -0.1) is 0 Å². The van der Waals surface area contributed by atoms with E-state index in [1.54, 1.807) is 6.07 Å². The molecule has 5 N–H and O–H groups in total. The van der Waals surface area contributed by atoms with Gasteiger partial charge in [-0.05, 0) is 28.8 Å². The molecule has 5 nitrogen and oxygen atoms in total. The van der Waals surface area contributed by atoms with Gasteiger partial charge in [-0.1, -0.05) is 30.3 Å². The van der Waals surface area contributed by atoms with Crippen molar-refractivity contribution in [2.24, 2.45) is 11.5 Å². The van der Waals surface area contributed by atoms with Crippen LogP contribution in [0.4, 0.5) is 0 Å². The largest absolute Gasteiger partial charge is 0.417 e. The minimum Gasteiger partial charge on any atom is -0.408 e. The SMILES string of the molecule is NCc1ccc(C(N)c2ccc3oc(=O)[nH]c3c2)cc1. The zero-order valence-electron chi connectivity index (χ0n) is 10.8. The van der Waals surface area contributed by atoms with Crippen molar-refractivity contribution in [2.45, 2.75) is 12.6 Å². The molecule has 2 aromatic carbocycles. The average molecular weight is 269 g/mol. The summed E-state index contributed by atoms with van der Waals surface area (Å²) in [4.78, 5) is 13.8. The highest BCUT2D eigenvalue weighted by molar-refractivity contribution is 5.73. The summed E-state index contributed by atoms with van der Waals surface area (Å²) in [6.45, 7) is 0.512. The minimum atomic E-state index is -0.460. The molecule has 1 unspecified atom stereocenters. The molecule has 0 aliphatic rings. The van der Waals surface area contributed by atoms with Gasteiger partial charge in [-0.2, -0.15) is 0 Å². The molecule has 0 aliphatic heterocycles. The maximum atomic E-state index is 11.1. The van der Waals surface area contributed by atoms with Crippen LogP contribution in [-0.4, -0.2) is 4.98 Å². The molecule has 20 heavy (non-hydrogen) atoms. The molecular weight excluding hydrogens is 254 g/mol. The van der Waals surface area contributed by atoms with Crippen LogP contribution >= 0.6 is 0 Å². The molecular formula is C15H15N3O2. The molecule has 0 saturated heterocycles. The van der Waals surface area contributed by atoms with Crippen molar-refractivity contribution in [2.75, 3.05) is 0 Å². The molecule has 5 heteroatoms. The lowest BCUT2D eigenvalue weighted by molar-refractivity contribution is 0.555. The Morgan fingerprint density at radius 2 is 1.80 bits per heavy atom. The summed E-state index contributed by atoms with van der Waals surface area (Å²) in [6.07, 6.45) is 0. The molecule has 0 saturated carbocycles. The van der Waals surface area contributed by atoms with Crippen LogP contribution in [0.2, 0.25) is 0 Å². The Kier molecular flexibility index (Phi) is 3.14. The molecule has 1 heterocycles. The Morgan fingerprint density at radius 1 is 1.10 bits per heavy atom. The molecule has 3 aromatic rings. The Balaban J connectivity index is 1.97. The van der Waals surface area contributed by atoms with Crippen LogP contribution in [0.1, 0.15) is 22.7 Å². The summed E-state index contributed by atoms with van der Waals surface area (Å²) < 4.78 is 4.97. The summed E-state index contributed by atoms with van der Waals surface area (Å²) in [5.74, 6) is -0.460. The number of oxazole rings is 1. The maximum Gasteiger partial charge on any atom is 0.417 e. The van der Waals surface area contributed by atoms with Crippen LogP contribution in [0.25, 0.3) is 11.1 Å². The highest BCUT2D eigenvalue weighted by Crippen LogP contribution is 2.22. The summed E-state index contributed by atoms with van der Waals surface area (Å²) in [5, 5.41) is 0. The van der Waals surface area contributed by atoms with Gasteiger partial charge in [0.05, 0.1) is 11.6 Å². The number of aromatic amines is 1. The van der Waals surface area contributed by atoms with Gasteiger partial charge in [0.15, 0.2) is 5.58 Å². The lowest BCUT2D eigenvalue weighted by Crippen LogP contribution is -2.12. The molecule has 3 rings (SSSR count). The summed E-state index contributed by atoms with van der Waals surface area (Å²) in [5.41, 5.74) is 16.0. The van der Waals surface area contributed by atoms with Gasteiger partial charge < -0.3 is 15.9 Å². The quantitative estimate of drug-likeness (QED) is 0.673. The van der Waals surface area contributed by atoms with E-state index in [0.717, 1.165) is 16.7 Å². The van der Waals surface area contributed by atoms with Crippen LogP contribution in [-0.2, 0) is 6.54 Å². The number of fused-ring (bicyclic) bond motifs is 1. The van der Waals surface area contributed by atoms with E-state index in [1.165, 1.54) is 0 Å². The lowest BCUT2D eigenvalue weighted by Gasteiger charge is -2.13. The molecule has 1 atom stereocenters. The third kappa shape index (κ3) is 2.24. The Morgan fingerprint density at radius 3 is 2.50 bits per heavy atom. The Labute approximate surface area is 115 Å². The van der Waals surface area contributed by atoms with Gasteiger partial charge in [0.1, 0.15) is 0 Å². The lowest BCUT2D eigenvalue weighted by atomic mass is 9.98. The highest BCUT2D eigenvalue weighted by Gasteiger charge is 2.11. The molecule has 102 valence electrons. The van der Waals surface area contributed by atoms with Crippen molar-refractivity contribution in [3.05, 3.63) is 69.7 Å². The minimum absolute atomic E-state index is 0.260. The number of H-pyrrole nitrogens is 1. The second kappa shape index (κ2) is 4.96. The van der Waals surface area contributed by atoms with Gasteiger partial charge in [-0.25, -0.2) is 4.79 Å². The first-order chi connectivity index (χ1) is 9.67. The summed E-state index contributed by atoms with van der Waals surface area (Å²) >= 11 is 0. The van der Waals surface area contributed by atoms with Crippen LogP contribution in [0.3, 0.4) is 0 Å². The highest BCUT2D eigenvalue weighted by atomic mass is 16.4. The first-order valence-corrected chi connectivity index (χ1v) is 6.34. The second-order valence-electron chi connectivity index (χ2n) is 4.69. The fourth-order valence-electron chi connectivity index (χ4n) is 2.22. The van der Waals surface area contributed by atoms with Gasteiger partial charge >= 0.3 is 5.76 Å². The fourth-order valence-corrected chi connectivity index (χ4v) is 2.22. The summed E-state index contributed by atoms with van der Waals surface area (Å²) in [7, 11) is 0. The normalized spacial score (nSPS) is 12.7. The first-order valence-electron chi connectivity index (χ1n) is 6.34. The zero-order chi connectivity index (χ0) is 14.1. The van der Waals surface area contributed by atoms with Crippen molar-refractivity contribution in [3.63, 3.8) is 0 Å². The van der Waals surface area contributed by atoms with Gasteiger partial charge in [0, 0.05) is 6.54 Å². The van der Waals surface area contributed by atoms with E-state index in [-0.39, 0.29) is 6.04 Å². The van der Waals surface area contributed by atoms with Crippen LogP contribution in [0.15, 0.2) is 51.7 Å². The smallest absolute Gasteiger partial charge is 0.408 e. The first kappa shape index (κ1) is 12.7. The van der Waals surface area contributed by atoms with Crippen molar-refractivity contribution in [1.82, 2.24) is 4.98 Å². The average Bonchev–Trinajstić information content (AvgIpc) is 2.85. The molecule has 0 aliphatic carbocycles. The number of nitrogens with two attached hydrogens (primary N) is 2. The maximum absolute atomic E-state index is 11.1. The molecule has 0 fully saturated rings. The molecule has 0 spiro atoms. The number of benzene rings is 2. The zero-order valence-corrected chi connectivity index (χ0v) is 10.8. The van der Waals surface area contributed by atoms with Crippen molar-refractivity contribution in [3.8, 4) is 0 Å². The standard InChI is InChI=1S/C15H15N3O2/c16-8-9-1-3-10(4-2-9)14(17)11-5-6-13-12(7-11)18-15(19)20-13/h1-7,14H,8,16-17H2,(H,18,19). The number of rotatable bonds is 3. The van der Waals surface area contributed by atoms with E-state index >= 15 is 0 Å². The van der Waals surface area contributed by atoms with Crippen LogP contribution in [0, 0.1) is 0 Å². The second-order valence-corrected chi connectivity index (χ2v) is 4.69. The molecule has 0 bridgehead atoms. The Bertz CT molecular complexity index is 787. The van der Waals surface area contributed by atoms with Crippen LogP contribution < -0.4 is 17.2 Å². The monoisotopic (exact) mass is 269 g/mol. The Hall–Kier alpha value is -2.37. The number of nitrogens with one attached hydrogen (secondary N) is 1. The van der Waals surface area contributed by atoms with Gasteiger partial charge in [0.25, 0.3) is 0 Å². The predicted molar refractivity (Wildman–Crippen MR) is 77.2 cm³/mol. The van der Waals surface area contributed by atoms with Crippen molar-refractivity contribution < 1.29 is 4.42 Å². The van der Waals surface area contributed by atoms with E-state index in [4.69, 9.17) is 15.9 Å². The molecule has 0 radical (unpaired) electrons. The van der Waals surface area contributed by atoms with E-state index in [9.17, 15) is 4.79 Å². The topological polar surface area (TPSA) is 98.0 Å². The van der Waals surface area contributed by atoms with E-state index in [0.29, 0.717) is 17.6 Å². The van der Waals surface area contributed by atoms with Crippen LogP contribution in [0.5, 0.6) is 0 Å². The number of hydrogen-bond acceptors (Lipinski definition) is 4. The third-order valence-electron chi connectivity index (χ3n) is 3.38. The van der Waals surface area contributed by atoms with E-state index in [2.05, 4.69) is 4.98 Å². The number of hydrogen-bond donors (Lipinski definition) is 3. The number of aromatic nitrogens is 1. The predicted octanol–water partition coefficient (Wildman–Crippen LogP) is 1.63. The van der Waals surface area contributed by atoms with Gasteiger partial charge in [-0.3, -0.25) is 4.98 Å². The molecule has 1 aromatic heterocycles. The van der Waals surface area contributed by atoms with Crippen molar-refractivity contribution in [1.29, 1.82) is 0 Å². The molecule has 0 amide bonds.